The summed E-state index contributed by atoms with van der Waals surface area (Å²) in [5.41, 5.74) is 6.54. The number of halogens is 1. The number of aromatic nitrogens is 4. The number of nitrogens with zero attached hydrogens (tertiary/aromatic N) is 3. The lowest BCUT2D eigenvalue weighted by atomic mass is 9.96. The fourth-order valence-corrected chi connectivity index (χ4v) is 2.38. The van der Waals surface area contributed by atoms with Crippen molar-refractivity contribution in [3.8, 4) is 0 Å². The first-order valence-corrected chi connectivity index (χ1v) is 7.38. The van der Waals surface area contributed by atoms with Crippen LogP contribution in [0.15, 0.2) is 6.33 Å². The van der Waals surface area contributed by atoms with E-state index in [2.05, 4.69) is 32.2 Å². The summed E-state index contributed by atoms with van der Waals surface area (Å²) in [5, 5.41) is 2.89. The number of nitrogens with two attached hydrogens (primary N) is 1. The molecule has 0 fully saturated rings. The monoisotopic (exact) mass is 310 g/mol. The molecule has 1 atom stereocenters. The molecule has 21 heavy (non-hydrogen) atoms. The number of rotatable bonds is 7. The second-order valence-electron chi connectivity index (χ2n) is 4.88. The minimum atomic E-state index is -0.128. The van der Waals surface area contributed by atoms with Crippen molar-refractivity contribution in [2.45, 2.75) is 32.6 Å². The summed E-state index contributed by atoms with van der Waals surface area (Å²) in [4.78, 5) is 26.9. The van der Waals surface area contributed by atoms with E-state index >= 15 is 0 Å². The Morgan fingerprint density at radius 3 is 3.00 bits per heavy atom. The number of carbonyl (C=O) groups excluding carboxylic acids is 1. The Balaban J connectivity index is 1.94. The predicted molar refractivity (Wildman–Crippen MR) is 82.0 cm³/mol. The highest BCUT2D eigenvalue weighted by Crippen LogP contribution is 2.19. The van der Waals surface area contributed by atoms with Gasteiger partial charge in [-0.25, -0.2) is 4.98 Å². The third-order valence-corrected chi connectivity index (χ3v) is 3.70. The van der Waals surface area contributed by atoms with E-state index in [-0.39, 0.29) is 17.0 Å². The number of H-pyrrole nitrogens is 1. The Labute approximate surface area is 127 Å². The van der Waals surface area contributed by atoms with Gasteiger partial charge in [0.2, 0.25) is 11.9 Å². The van der Waals surface area contributed by atoms with Crippen molar-refractivity contribution in [2.24, 2.45) is 11.7 Å². The SMILES string of the molecule is CCC(CCN)CCC(=O)Nc1nc(Cl)c2[nH]cnc2n1. The van der Waals surface area contributed by atoms with E-state index in [9.17, 15) is 4.79 Å². The topological polar surface area (TPSA) is 110 Å². The van der Waals surface area contributed by atoms with E-state index in [1.807, 2.05) is 0 Å². The fraction of sp³-hybridized carbons (Fsp3) is 0.538. The first-order valence-electron chi connectivity index (χ1n) is 7.00. The van der Waals surface area contributed by atoms with Gasteiger partial charge in [-0.2, -0.15) is 9.97 Å². The molecule has 2 heterocycles. The summed E-state index contributed by atoms with van der Waals surface area (Å²) in [5.74, 6) is 0.520. The second-order valence-corrected chi connectivity index (χ2v) is 5.24. The van der Waals surface area contributed by atoms with Crippen molar-refractivity contribution in [3.05, 3.63) is 11.5 Å². The van der Waals surface area contributed by atoms with Crippen molar-refractivity contribution < 1.29 is 4.79 Å². The van der Waals surface area contributed by atoms with Crippen LogP contribution in [0.25, 0.3) is 11.2 Å². The van der Waals surface area contributed by atoms with Crippen molar-refractivity contribution in [1.29, 1.82) is 0 Å². The maximum atomic E-state index is 11.9. The largest absolute Gasteiger partial charge is 0.341 e. The average molecular weight is 311 g/mol. The van der Waals surface area contributed by atoms with Gasteiger partial charge in [-0.3, -0.25) is 10.1 Å². The van der Waals surface area contributed by atoms with Crippen molar-refractivity contribution in [2.75, 3.05) is 11.9 Å². The predicted octanol–water partition coefficient (Wildman–Crippen LogP) is 2.10. The summed E-state index contributed by atoms with van der Waals surface area (Å²) >= 11 is 5.99. The minimum absolute atomic E-state index is 0.128. The number of anilines is 1. The molecule has 7 nitrogen and oxygen atoms in total. The third-order valence-electron chi connectivity index (χ3n) is 3.42. The van der Waals surface area contributed by atoms with Crippen LogP contribution < -0.4 is 11.1 Å². The number of nitrogens with one attached hydrogen (secondary N) is 2. The molecule has 0 saturated carbocycles. The lowest BCUT2D eigenvalue weighted by molar-refractivity contribution is -0.116. The number of imidazole rings is 1. The summed E-state index contributed by atoms with van der Waals surface area (Å²) in [6.07, 6.45) is 4.66. The van der Waals surface area contributed by atoms with Gasteiger partial charge in [0, 0.05) is 6.42 Å². The smallest absolute Gasteiger partial charge is 0.233 e. The van der Waals surface area contributed by atoms with Crippen LogP contribution in [0.3, 0.4) is 0 Å². The summed E-state index contributed by atoms with van der Waals surface area (Å²) in [6, 6.07) is 0. The zero-order valence-corrected chi connectivity index (χ0v) is 12.7. The van der Waals surface area contributed by atoms with E-state index in [1.54, 1.807) is 0 Å². The Morgan fingerprint density at radius 1 is 1.48 bits per heavy atom. The zero-order valence-electron chi connectivity index (χ0n) is 11.9. The van der Waals surface area contributed by atoms with Crippen LogP contribution in [-0.4, -0.2) is 32.4 Å². The molecule has 2 aromatic rings. The number of amides is 1. The summed E-state index contributed by atoms with van der Waals surface area (Å²) < 4.78 is 0. The van der Waals surface area contributed by atoms with Crippen molar-refractivity contribution >= 4 is 34.6 Å². The molecule has 8 heteroatoms. The van der Waals surface area contributed by atoms with Gasteiger partial charge in [-0.1, -0.05) is 24.9 Å². The van der Waals surface area contributed by atoms with Gasteiger partial charge >= 0.3 is 0 Å². The van der Waals surface area contributed by atoms with Gasteiger partial charge in [0.25, 0.3) is 0 Å². The van der Waals surface area contributed by atoms with E-state index < -0.39 is 0 Å². The molecule has 0 aromatic carbocycles. The third kappa shape index (κ3) is 4.12. The molecule has 0 saturated heterocycles. The minimum Gasteiger partial charge on any atom is -0.341 e. The molecule has 0 spiro atoms. The standard InChI is InChI=1S/C13H19ClN6O/c1-2-8(5-6-15)3-4-9(21)18-13-19-11(14)10-12(20-13)17-7-16-10/h7-8H,2-6,15H2,1H3,(H2,16,17,18,19,20,21). The Hall–Kier alpha value is -1.73. The number of fused-ring (bicyclic) bond motifs is 1. The molecule has 1 unspecified atom stereocenters. The van der Waals surface area contributed by atoms with E-state index in [0.29, 0.717) is 30.0 Å². The number of carbonyl (C=O) groups is 1. The maximum Gasteiger partial charge on any atom is 0.233 e. The molecule has 2 rings (SSSR count). The molecule has 4 N–H and O–H groups in total. The van der Waals surface area contributed by atoms with Crippen molar-refractivity contribution in [3.63, 3.8) is 0 Å². The maximum absolute atomic E-state index is 11.9. The molecule has 0 aliphatic rings. The molecule has 0 radical (unpaired) electrons. The van der Waals surface area contributed by atoms with Gasteiger partial charge in [0.15, 0.2) is 10.8 Å². The Bertz CT molecular complexity index is 614. The summed E-state index contributed by atoms with van der Waals surface area (Å²) in [6.45, 7) is 2.75. The first kappa shape index (κ1) is 15.7. The quantitative estimate of drug-likeness (QED) is 0.678. The fourth-order valence-electron chi connectivity index (χ4n) is 2.16. The summed E-state index contributed by atoms with van der Waals surface area (Å²) in [7, 11) is 0. The van der Waals surface area contributed by atoms with E-state index in [0.717, 1.165) is 19.3 Å². The normalized spacial score (nSPS) is 12.5. The number of aromatic amines is 1. The van der Waals surface area contributed by atoms with Crippen molar-refractivity contribution in [1.82, 2.24) is 19.9 Å². The molecule has 0 aliphatic carbocycles. The van der Waals surface area contributed by atoms with Crippen LogP contribution in [-0.2, 0) is 4.79 Å². The Morgan fingerprint density at radius 2 is 2.29 bits per heavy atom. The molecule has 0 bridgehead atoms. The molecule has 114 valence electrons. The van der Waals surface area contributed by atoms with Gasteiger partial charge < -0.3 is 10.7 Å². The first-order chi connectivity index (χ1) is 10.1. The van der Waals surface area contributed by atoms with Crippen LogP contribution in [0.5, 0.6) is 0 Å². The van der Waals surface area contributed by atoms with Crippen LogP contribution in [0.1, 0.15) is 32.6 Å². The van der Waals surface area contributed by atoms with E-state index in [1.165, 1.54) is 6.33 Å². The van der Waals surface area contributed by atoms with Crippen LogP contribution in [0.2, 0.25) is 5.15 Å². The van der Waals surface area contributed by atoms with Crippen LogP contribution in [0.4, 0.5) is 5.95 Å². The number of hydrogen-bond donors (Lipinski definition) is 3. The molecule has 0 aliphatic heterocycles. The highest BCUT2D eigenvalue weighted by molar-refractivity contribution is 6.33. The average Bonchev–Trinajstić information content (AvgIpc) is 2.92. The van der Waals surface area contributed by atoms with Gasteiger partial charge in [-0.15, -0.1) is 0 Å². The van der Waals surface area contributed by atoms with Gasteiger partial charge in [-0.05, 0) is 25.3 Å². The lowest BCUT2D eigenvalue weighted by Crippen LogP contribution is -2.16. The van der Waals surface area contributed by atoms with Crippen LogP contribution in [0, 0.1) is 5.92 Å². The van der Waals surface area contributed by atoms with Gasteiger partial charge in [0.1, 0.15) is 5.52 Å². The van der Waals surface area contributed by atoms with Crippen LogP contribution >= 0.6 is 11.6 Å². The zero-order chi connectivity index (χ0) is 15.2. The Kier molecular flexibility index (Phi) is 5.46. The number of hydrogen-bond acceptors (Lipinski definition) is 5. The molecule has 1 amide bonds. The highest BCUT2D eigenvalue weighted by atomic mass is 35.5. The molecular formula is C13H19ClN6O. The van der Waals surface area contributed by atoms with E-state index in [4.69, 9.17) is 17.3 Å². The van der Waals surface area contributed by atoms with Gasteiger partial charge in [0.05, 0.1) is 6.33 Å². The molecular weight excluding hydrogens is 292 g/mol. The second kappa shape index (κ2) is 7.33. The molecule has 2 aromatic heterocycles. The lowest BCUT2D eigenvalue weighted by Gasteiger charge is -2.12. The highest BCUT2D eigenvalue weighted by Gasteiger charge is 2.12.